The number of hydrogen-bond donors (Lipinski definition) is 1. The van der Waals surface area contributed by atoms with Crippen LogP contribution < -0.4 is 5.32 Å². The molecule has 6 nitrogen and oxygen atoms in total. The minimum absolute atomic E-state index is 0.0392. The van der Waals surface area contributed by atoms with Gasteiger partial charge in [-0.15, -0.1) is 0 Å². The first-order valence-corrected chi connectivity index (χ1v) is 9.38. The highest BCUT2D eigenvalue weighted by atomic mass is 16.2. The van der Waals surface area contributed by atoms with E-state index in [0.717, 1.165) is 51.5 Å². The van der Waals surface area contributed by atoms with Crippen molar-refractivity contribution in [2.75, 3.05) is 19.6 Å². The van der Waals surface area contributed by atoms with Crippen molar-refractivity contribution in [3.05, 3.63) is 0 Å². The molecule has 134 valence electrons. The Labute approximate surface area is 143 Å². The van der Waals surface area contributed by atoms with Crippen molar-refractivity contribution in [3.8, 4) is 0 Å². The van der Waals surface area contributed by atoms with Crippen molar-refractivity contribution in [2.24, 2.45) is 0 Å². The van der Waals surface area contributed by atoms with Gasteiger partial charge in [-0.3, -0.25) is 14.4 Å². The molecule has 0 spiro atoms. The van der Waals surface area contributed by atoms with Crippen LogP contribution in [0.2, 0.25) is 0 Å². The van der Waals surface area contributed by atoms with Crippen LogP contribution in [0.1, 0.15) is 64.7 Å². The van der Waals surface area contributed by atoms with Crippen LogP contribution in [0.25, 0.3) is 0 Å². The number of nitrogens with zero attached hydrogens (tertiary/aromatic N) is 2. The van der Waals surface area contributed by atoms with Crippen LogP contribution in [-0.4, -0.2) is 58.7 Å². The van der Waals surface area contributed by atoms with Gasteiger partial charge < -0.3 is 15.1 Å². The van der Waals surface area contributed by atoms with Crippen molar-refractivity contribution in [2.45, 2.75) is 76.3 Å². The van der Waals surface area contributed by atoms with Gasteiger partial charge in [-0.25, -0.2) is 0 Å². The first-order valence-electron chi connectivity index (χ1n) is 9.38. The molecule has 2 atom stereocenters. The van der Waals surface area contributed by atoms with Crippen molar-refractivity contribution >= 4 is 17.7 Å². The molecule has 3 fully saturated rings. The summed E-state index contributed by atoms with van der Waals surface area (Å²) in [6, 6.07) is 0.0484. The van der Waals surface area contributed by atoms with Crippen LogP contribution in [0.3, 0.4) is 0 Å². The summed E-state index contributed by atoms with van der Waals surface area (Å²) in [6.45, 7) is 3.69. The standard InChI is InChI=1S/C18H29N3O3/c1-18-10-6-12-21(14(18)7-5-8-15(22)19-18)17(24)13-20-11-4-2-3-9-16(20)23/h14H,2-13H2,1H3,(H,19,22)/t14-,18-/m0/s1. The van der Waals surface area contributed by atoms with E-state index < -0.39 is 0 Å². The molecular formula is C18H29N3O3. The largest absolute Gasteiger partial charge is 0.349 e. The van der Waals surface area contributed by atoms with Gasteiger partial charge in [0, 0.05) is 25.9 Å². The molecule has 1 N–H and O–H groups in total. The van der Waals surface area contributed by atoms with Gasteiger partial charge in [0.2, 0.25) is 17.7 Å². The number of likely N-dealkylation sites (tertiary alicyclic amines) is 2. The summed E-state index contributed by atoms with van der Waals surface area (Å²) in [5.41, 5.74) is -0.329. The maximum atomic E-state index is 12.9. The second-order valence-electron chi connectivity index (χ2n) is 7.69. The third-order valence-electron chi connectivity index (χ3n) is 5.83. The zero-order chi connectivity index (χ0) is 17.2. The molecule has 0 unspecified atom stereocenters. The summed E-state index contributed by atoms with van der Waals surface area (Å²) in [5.74, 6) is 0.240. The Morgan fingerprint density at radius 3 is 2.79 bits per heavy atom. The van der Waals surface area contributed by atoms with E-state index in [4.69, 9.17) is 0 Å². The highest BCUT2D eigenvalue weighted by Gasteiger charge is 2.45. The molecule has 3 rings (SSSR count). The number of fused-ring (bicyclic) bond motifs is 1. The summed E-state index contributed by atoms with van der Waals surface area (Å²) in [7, 11) is 0. The van der Waals surface area contributed by atoms with Crippen LogP contribution in [0.5, 0.6) is 0 Å². The van der Waals surface area contributed by atoms with Crippen LogP contribution in [0.4, 0.5) is 0 Å². The summed E-state index contributed by atoms with van der Waals surface area (Å²) in [4.78, 5) is 40.7. The molecule has 3 heterocycles. The fourth-order valence-corrected chi connectivity index (χ4v) is 4.50. The number of nitrogens with one attached hydrogen (secondary N) is 1. The van der Waals surface area contributed by atoms with Gasteiger partial charge in [0.1, 0.15) is 0 Å². The second-order valence-corrected chi connectivity index (χ2v) is 7.69. The van der Waals surface area contributed by atoms with E-state index in [1.54, 1.807) is 4.90 Å². The molecule has 3 aliphatic heterocycles. The van der Waals surface area contributed by atoms with E-state index in [-0.39, 0.29) is 35.8 Å². The fraction of sp³-hybridized carbons (Fsp3) is 0.833. The molecule has 0 aliphatic carbocycles. The monoisotopic (exact) mass is 335 g/mol. The topological polar surface area (TPSA) is 69.7 Å². The maximum Gasteiger partial charge on any atom is 0.242 e. The quantitative estimate of drug-likeness (QED) is 0.830. The highest BCUT2D eigenvalue weighted by Crippen LogP contribution is 2.33. The lowest BCUT2D eigenvalue weighted by molar-refractivity contribution is -0.144. The summed E-state index contributed by atoms with van der Waals surface area (Å²) in [6.07, 6.45) is 7.56. The number of amides is 3. The molecule has 0 saturated carbocycles. The Kier molecular flexibility index (Phi) is 5.11. The number of hydrogen-bond acceptors (Lipinski definition) is 3. The predicted molar refractivity (Wildman–Crippen MR) is 90.2 cm³/mol. The lowest BCUT2D eigenvalue weighted by Crippen LogP contribution is -2.64. The number of rotatable bonds is 2. The normalized spacial score (nSPS) is 31.8. The summed E-state index contributed by atoms with van der Waals surface area (Å²) in [5, 5.41) is 3.15. The molecule has 6 heteroatoms. The molecule has 3 aliphatic rings. The third kappa shape index (κ3) is 3.57. The lowest BCUT2D eigenvalue weighted by atomic mass is 9.81. The average molecular weight is 335 g/mol. The molecule has 0 aromatic carbocycles. The van der Waals surface area contributed by atoms with Crippen molar-refractivity contribution in [1.29, 1.82) is 0 Å². The Morgan fingerprint density at radius 1 is 1.12 bits per heavy atom. The third-order valence-corrected chi connectivity index (χ3v) is 5.83. The molecule has 0 aromatic heterocycles. The van der Waals surface area contributed by atoms with E-state index in [0.29, 0.717) is 19.4 Å². The van der Waals surface area contributed by atoms with E-state index >= 15 is 0 Å². The maximum absolute atomic E-state index is 12.9. The molecule has 3 saturated heterocycles. The SMILES string of the molecule is C[C@]12CCCN(C(=O)CN3CCCCCC3=O)[C@H]1CCCC(=O)N2. The number of carbonyl (C=O) groups excluding carboxylic acids is 3. The van der Waals surface area contributed by atoms with Gasteiger partial charge in [0.25, 0.3) is 0 Å². The molecule has 24 heavy (non-hydrogen) atoms. The van der Waals surface area contributed by atoms with Crippen molar-refractivity contribution in [1.82, 2.24) is 15.1 Å². The van der Waals surface area contributed by atoms with E-state index in [2.05, 4.69) is 12.2 Å². The molecule has 0 radical (unpaired) electrons. The van der Waals surface area contributed by atoms with Gasteiger partial charge in [-0.05, 0) is 45.4 Å². The van der Waals surface area contributed by atoms with Crippen LogP contribution >= 0.6 is 0 Å². The van der Waals surface area contributed by atoms with Crippen LogP contribution in [0.15, 0.2) is 0 Å². The van der Waals surface area contributed by atoms with Crippen molar-refractivity contribution < 1.29 is 14.4 Å². The first kappa shape index (κ1) is 17.2. The smallest absolute Gasteiger partial charge is 0.242 e. The summed E-state index contributed by atoms with van der Waals surface area (Å²) >= 11 is 0. The molecular weight excluding hydrogens is 306 g/mol. The Hall–Kier alpha value is -1.59. The zero-order valence-corrected chi connectivity index (χ0v) is 14.7. The van der Waals surface area contributed by atoms with Gasteiger partial charge in [-0.2, -0.15) is 0 Å². The number of piperidine rings is 1. The Morgan fingerprint density at radius 2 is 1.96 bits per heavy atom. The fourth-order valence-electron chi connectivity index (χ4n) is 4.50. The van der Waals surface area contributed by atoms with E-state index in [9.17, 15) is 14.4 Å². The van der Waals surface area contributed by atoms with Crippen molar-refractivity contribution in [3.63, 3.8) is 0 Å². The van der Waals surface area contributed by atoms with Crippen LogP contribution in [-0.2, 0) is 14.4 Å². The lowest BCUT2D eigenvalue weighted by Gasteiger charge is -2.48. The molecule has 3 amide bonds. The minimum Gasteiger partial charge on any atom is -0.349 e. The van der Waals surface area contributed by atoms with E-state index in [1.165, 1.54) is 0 Å². The van der Waals surface area contributed by atoms with Crippen LogP contribution in [0, 0.1) is 0 Å². The van der Waals surface area contributed by atoms with Gasteiger partial charge in [-0.1, -0.05) is 6.42 Å². The molecule has 0 aromatic rings. The van der Waals surface area contributed by atoms with E-state index in [1.807, 2.05) is 4.90 Å². The van der Waals surface area contributed by atoms with Gasteiger partial charge >= 0.3 is 0 Å². The predicted octanol–water partition coefficient (Wildman–Crippen LogP) is 1.44. The number of carbonyl (C=O) groups is 3. The first-order chi connectivity index (χ1) is 11.5. The van der Waals surface area contributed by atoms with Gasteiger partial charge in [0.15, 0.2) is 0 Å². The molecule has 0 bridgehead atoms. The Balaban J connectivity index is 1.71. The average Bonchev–Trinajstić information content (AvgIpc) is 2.82. The summed E-state index contributed by atoms with van der Waals surface area (Å²) < 4.78 is 0. The highest BCUT2D eigenvalue weighted by molar-refractivity contribution is 5.85. The minimum atomic E-state index is -0.329. The van der Waals surface area contributed by atoms with Gasteiger partial charge in [0.05, 0.1) is 18.1 Å². The second kappa shape index (κ2) is 7.11. The zero-order valence-electron chi connectivity index (χ0n) is 14.7. The Bertz CT molecular complexity index is 522.